The number of piperidine rings is 1. The molecule has 0 aromatic carbocycles. The van der Waals surface area contributed by atoms with E-state index in [4.69, 9.17) is 4.74 Å². The van der Waals surface area contributed by atoms with E-state index in [1.807, 2.05) is 6.26 Å². The van der Waals surface area contributed by atoms with Gasteiger partial charge in [-0.05, 0) is 5.57 Å². The summed E-state index contributed by atoms with van der Waals surface area (Å²) in [7, 11) is 1.72. The Kier molecular flexibility index (Phi) is 1.02. The Hall–Kier alpha value is -0.500. The molecule has 2 atom stereocenters. The van der Waals surface area contributed by atoms with Crippen LogP contribution in [0.1, 0.15) is 0 Å². The third kappa shape index (κ3) is 0.663. The minimum absolute atomic E-state index is 0.824. The second-order valence-electron chi connectivity index (χ2n) is 2.72. The van der Waals surface area contributed by atoms with Crippen molar-refractivity contribution in [1.82, 2.24) is 5.32 Å². The first-order valence-corrected chi connectivity index (χ1v) is 3.37. The fourth-order valence-electron chi connectivity index (χ4n) is 1.63. The number of hydrogen-bond acceptors (Lipinski definition) is 2. The van der Waals surface area contributed by atoms with Crippen LogP contribution in [0.15, 0.2) is 11.8 Å². The molecule has 1 saturated heterocycles. The molecule has 2 rings (SSSR count). The Balaban J connectivity index is 2.01. The van der Waals surface area contributed by atoms with Gasteiger partial charge in [-0.15, -0.1) is 0 Å². The Bertz CT molecular complexity index is 141. The molecular formula is C7H11NO. The molecule has 2 nitrogen and oxygen atoms in total. The predicted octanol–water partition coefficient (Wildman–Crippen LogP) is 0.366. The SMILES string of the molecule is COC=C1[C@H]2CNC[C@@H]12. The molecule has 2 heteroatoms. The van der Waals surface area contributed by atoms with Crippen molar-refractivity contribution in [2.24, 2.45) is 11.8 Å². The van der Waals surface area contributed by atoms with Crippen LogP contribution in [0.3, 0.4) is 0 Å². The highest BCUT2D eigenvalue weighted by Gasteiger charge is 2.47. The highest BCUT2D eigenvalue weighted by molar-refractivity contribution is 5.31. The van der Waals surface area contributed by atoms with Gasteiger partial charge >= 0.3 is 0 Å². The topological polar surface area (TPSA) is 21.3 Å². The van der Waals surface area contributed by atoms with Crippen LogP contribution < -0.4 is 5.32 Å². The lowest BCUT2D eigenvalue weighted by molar-refractivity contribution is 0.334. The van der Waals surface area contributed by atoms with E-state index >= 15 is 0 Å². The van der Waals surface area contributed by atoms with Crippen molar-refractivity contribution in [2.75, 3.05) is 20.2 Å². The van der Waals surface area contributed by atoms with Crippen molar-refractivity contribution < 1.29 is 4.74 Å². The van der Waals surface area contributed by atoms with E-state index in [2.05, 4.69) is 5.32 Å². The lowest BCUT2D eigenvalue weighted by Crippen LogP contribution is -2.11. The smallest absolute Gasteiger partial charge is 0.0823 e. The first-order chi connectivity index (χ1) is 4.43. The first kappa shape index (κ1) is 5.30. The summed E-state index contributed by atoms with van der Waals surface area (Å²) in [5, 5.41) is 3.31. The maximum absolute atomic E-state index is 4.91. The number of ether oxygens (including phenoxy) is 1. The van der Waals surface area contributed by atoms with Crippen LogP contribution in [0.25, 0.3) is 0 Å². The van der Waals surface area contributed by atoms with Crippen molar-refractivity contribution in [3.05, 3.63) is 11.8 Å². The van der Waals surface area contributed by atoms with Gasteiger partial charge in [0.2, 0.25) is 0 Å². The normalized spacial score (nSPS) is 43.0. The zero-order valence-electron chi connectivity index (χ0n) is 5.55. The molecule has 2 aliphatic rings. The molecule has 0 amide bonds. The summed E-state index contributed by atoms with van der Waals surface area (Å²) >= 11 is 0. The van der Waals surface area contributed by atoms with Gasteiger partial charge in [-0.25, -0.2) is 0 Å². The fourth-order valence-corrected chi connectivity index (χ4v) is 1.63. The summed E-state index contributed by atoms with van der Waals surface area (Å²) in [6.07, 6.45) is 1.90. The van der Waals surface area contributed by atoms with Crippen LogP contribution in [0.5, 0.6) is 0 Å². The molecule has 1 N–H and O–H groups in total. The highest BCUT2D eigenvalue weighted by Crippen LogP contribution is 2.47. The van der Waals surface area contributed by atoms with E-state index in [0.29, 0.717) is 0 Å². The van der Waals surface area contributed by atoms with E-state index in [-0.39, 0.29) is 0 Å². The van der Waals surface area contributed by atoms with E-state index < -0.39 is 0 Å². The summed E-state index contributed by atoms with van der Waals surface area (Å²) in [4.78, 5) is 0. The third-order valence-corrected chi connectivity index (χ3v) is 2.22. The van der Waals surface area contributed by atoms with E-state index in [1.54, 1.807) is 7.11 Å². The van der Waals surface area contributed by atoms with Crippen molar-refractivity contribution in [3.63, 3.8) is 0 Å². The zero-order valence-corrected chi connectivity index (χ0v) is 5.55. The van der Waals surface area contributed by atoms with Crippen LogP contribution in [-0.2, 0) is 4.74 Å². The fraction of sp³-hybridized carbons (Fsp3) is 0.714. The van der Waals surface area contributed by atoms with Gasteiger partial charge in [0.25, 0.3) is 0 Å². The summed E-state index contributed by atoms with van der Waals surface area (Å²) < 4.78 is 4.91. The van der Waals surface area contributed by atoms with Gasteiger partial charge in [0.1, 0.15) is 0 Å². The van der Waals surface area contributed by atoms with Crippen LogP contribution in [0, 0.1) is 11.8 Å². The quantitative estimate of drug-likeness (QED) is 0.511. The summed E-state index contributed by atoms with van der Waals surface area (Å²) in [6.45, 7) is 2.33. The lowest BCUT2D eigenvalue weighted by atomic mass is 10.4. The molecule has 0 aromatic heterocycles. The number of nitrogens with one attached hydrogen (secondary N) is 1. The van der Waals surface area contributed by atoms with Gasteiger partial charge in [-0.3, -0.25) is 0 Å². The number of fused-ring (bicyclic) bond motifs is 1. The molecule has 0 spiro atoms. The molecule has 0 radical (unpaired) electrons. The van der Waals surface area contributed by atoms with Crippen LogP contribution in [0.4, 0.5) is 0 Å². The standard InChI is InChI=1S/C7H11NO/c1-9-4-7-5-2-8-3-6(5)7/h4-6,8H,2-3H2,1H3/t5-,6+. The number of hydrogen-bond donors (Lipinski definition) is 1. The van der Waals surface area contributed by atoms with Crippen molar-refractivity contribution in [3.8, 4) is 0 Å². The van der Waals surface area contributed by atoms with Gasteiger partial charge < -0.3 is 10.1 Å². The lowest BCUT2D eigenvalue weighted by Gasteiger charge is -1.92. The van der Waals surface area contributed by atoms with Crippen LogP contribution in [0.2, 0.25) is 0 Å². The number of rotatable bonds is 1. The van der Waals surface area contributed by atoms with Crippen molar-refractivity contribution >= 4 is 0 Å². The minimum Gasteiger partial charge on any atom is -0.504 e. The average Bonchev–Trinajstić information content (AvgIpc) is 2.39. The molecule has 9 heavy (non-hydrogen) atoms. The highest BCUT2D eigenvalue weighted by atomic mass is 16.5. The van der Waals surface area contributed by atoms with Crippen molar-refractivity contribution in [2.45, 2.75) is 0 Å². The molecule has 0 bridgehead atoms. The monoisotopic (exact) mass is 125 g/mol. The van der Waals surface area contributed by atoms with Gasteiger partial charge in [-0.2, -0.15) is 0 Å². The van der Waals surface area contributed by atoms with Gasteiger partial charge in [0.15, 0.2) is 0 Å². The van der Waals surface area contributed by atoms with E-state index in [1.165, 1.54) is 18.7 Å². The molecule has 1 heterocycles. The van der Waals surface area contributed by atoms with Gasteiger partial charge in [0, 0.05) is 24.9 Å². The summed E-state index contributed by atoms with van der Waals surface area (Å²) in [6, 6.07) is 0. The average molecular weight is 125 g/mol. The molecule has 1 aliphatic heterocycles. The Morgan fingerprint density at radius 3 is 2.78 bits per heavy atom. The Labute approximate surface area is 54.9 Å². The molecule has 1 aliphatic carbocycles. The second-order valence-corrected chi connectivity index (χ2v) is 2.72. The zero-order chi connectivity index (χ0) is 6.27. The molecular weight excluding hydrogens is 114 g/mol. The maximum Gasteiger partial charge on any atom is 0.0823 e. The molecule has 50 valence electrons. The minimum atomic E-state index is 0.824. The second kappa shape index (κ2) is 1.74. The number of methoxy groups -OCH3 is 1. The Morgan fingerprint density at radius 2 is 2.22 bits per heavy atom. The summed E-state index contributed by atoms with van der Waals surface area (Å²) in [5.74, 6) is 1.65. The van der Waals surface area contributed by atoms with E-state index in [9.17, 15) is 0 Å². The molecule has 2 fully saturated rings. The molecule has 0 aromatic rings. The largest absolute Gasteiger partial charge is 0.504 e. The summed E-state index contributed by atoms with van der Waals surface area (Å²) in [5.41, 5.74) is 1.51. The third-order valence-electron chi connectivity index (χ3n) is 2.22. The van der Waals surface area contributed by atoms with Crippen molar-refractivity contribution in [1.29, 1.82) is 0 Å². The van der Waals surface area contributed by atoms with Crippen LogP contribution in [-0.4, -0.2) is 20.2 Å². The molecule has 0 unspecified atom stereocenters. The Morgan fingerprint density at radius 1 is 1.56 bits per heavy atom. The van der Waals surface area contributed by atoms with Crippen LogP contribution >= 0.6 is 0 Å². The maximum atomic E-state index is 4.91. The van der Waals surface area contributed by atoms with Gasteiger partial charge in [0.05, 0.1) is 13.4 Å². The van der Waals surface area contributed by atoms with Gasteiger partial charge in [-0.1, -0.05) is 0 Å². The molecule has 1 saturated carbocycles. The van der Waals surface area contributed by atoms with E-state index in [0.717, 1.165) is 11.8 Å². The predicted molar refractivity (Wildman–Crippen MR) is 34.9 cm³/mol. The first-order valence-electron chi connectivity index (χ1n) is 3.37.